The van der Waals surface area contributed by atoms with Crippen LogP contribution in [0, 0.1) is 0 Å². The lowest BCUT2D eigenvalue weighted by molar-refractivity contribution is 0.541. The number of rotatable bonds is 6. The fraction of sp³-hybridized carbons (Fsp3) is 0.385. The molecule has 0 heterocycles. The highest BCUT2D eigenvalue weighted by molar-refractivity contribution is 6.36. The van der Waals surface area contributed by atoms with E-state index in [1.807, 2.05) is 6.07 Å². The lowest BCUT2D eigenvalue weighted by Gasteiger charge is -2.13. The number of halogens is 2. The van der Waals surface area contributed by atoms with Gasteiger partial charge in [0, 0.05) is 23.2 Å². The van der Waals surface area contributed by atoms with Crippen molar-refractivity contribution in [1.29, 1.82) is 0 Å². The van der Waals surface area contributed by atoms with Crippen LogP contribution in [0.2, 0.25) is 0 Å². The molecular formula is C13H17Cl2N. The Hall–Kier alpha value is -0.500. The Labute approximate surface area is 107 Å². The lowest BCUT2D eigenvalue weighted by atomic mass is 10.1. The molecule has 16 heavy (non-hydrogen) atoms. The fourth-order valence-corrected chi connectivity index (χ4v) is 1.59. The second-order valence-corrected chi connectivity index (χ2v) is 4.57. The predicted molar refractivity (Wildman–Crippen MR) is 72.0 cm³/mol. The van der Waals surface area contributed by atoms with E-state index in [0.717, 1.165) is 12.8 Å². The van der Waals surface area contributed by atoms with Crippen molar-refractivity contribution in [2.24, 2.45) is 0 Å². The molecule has 0 fully saturated rings. The molecule has 0 aliphatic carbocycles. The van der Waals surface area contributed by atoms with Crippen molar-refractivity contribution < 1.29 is 0 Å². The zero-order valence-electron chi connectivity index (χ0n) is 9.42. The monoisotopic (exact) mass is 257 g/mol. The van der Waals surface area contributed by atoms with Gasteiger partial charge in [-0.05, 0) is 25.3 Å². The van der Waals surface area contributed by atoms with Crippen LogP contribution < -0.4 is 5.32 Å². The van der Waals surface area contributed by atoms with Crippen molar-refractivity contribution in [3.63, 3.8) is 0 Å². The molecule has 1 aromatic carbocycles. The zero-order chi connectivity index (χ0) is 11.8. The fourth-order valence-electron chi connectivity index (χ4n) is 1.44. The molecule has 0 aliphatic heterocycles. The molecule has 0 saturated heterocycles. The highest BCUT2D eigenvalue weighted by atomic mass is 35.5. The summed E-state index contributed by atoms with van der Waals surface area (Å²) in [5.41, 5.74) is 2.77. The maximum atomic E-state index is 5.79. The Morgan fingerprint density at radius 2 is 2.06 bits per heavy atom. The molecule has 1 unspecified atom stereocenters. The molecule has 0 saturated carbocycles. The van der Waals surface area contributed by atoms with Crippen molar-refractivity contribution in [2.75, 3.05) is 6.54 Å². The summed E-state index contributed by atoms with van der Waals surface area (Å²) in [5.74, 6) is 0. The summed E-state index contributed by atoms with van der Waals surface area (Å²) in [5, 5.41) is 3.97. The summed E-state index contributed by atoms with van der Waals surface area (Å²) in [6.45, 7) is 2.79. The largest absolute Gasteiger partial charge is 0.309 e. The van der Waals surface area contributed by atoms with Gasteiger partial charge in [-0.15, -0.1) is 0 Å². The summed E-state index contributed by atoms with van der Waals surface area (Å²) in [6, 6.07) is 10.9. The van der Waals surface area contributed by atoms with Crippen molar-refractivity contribution in [2.45, 2.75) is 25.8 Å². The normalized spacial score (nSPS) is 13.8. The Kier molecular flexibility index (Phi) is 6.55. The zero-order valence-corrected chi connectivity index (χ0v) is 10.9. The summed E-state index contributed by atoms with van der Waals surface area (Å²) < 4.78 is 0. The van der Waals surface area contributed by atoms with E-state index in [1.54, 1.807) is 0 Å². The van der Waals surface area contributed by atoms with Crippen LogP contribution in [0.4, 0.5) is 0 Å². The molecule has 1 rings (SSSR count). The van der Waals surface area contributed by atoms with Crippen LogP contribution in [0.5, 0.6) is 0 Å². The third-order valence-electron chi connectivity index (χ3n) is 2.45. The highest BCUT2D eigenvalue weighted by Crippen LogP contribution is 2.06. The van der Waals surface area contributed by atoms with Gasteiger partial charge in [0.1, 0.15) is 0 Å². The Morgan fingerprint density at radius 3 is 2.69 bits per heavy atom. The molecule has 1 aromatic rings. The summed E-state index contributed by atoms with van der Waals surface area (Å²) in [4.78, 5) is 0. The molecule has 0 radical (unpaired) electrons. The lowest BCUT2D eigenvalue weighted by Crippen LogP contribution is -2.27. The Bertz CT molecular complexity index is 322. The van der Waals surface area contributed by atoms with Gasteiger partial charge in [-0.1, -0.05) is 53.5 Å². The van der Waals surface area contributed by atoms with Gasteiger partial charge >= 0.3 is 0 Å². The first-order valence-electron chi connectivity index (χ1n) is 5.44. The Balaban J connectivity index is 2.23. The molecule has 1 nitrogen and oxygen atoms in total. The number of hydrogen-bond acceptors (Lipinski definition) is 1. The maximum absolute atomic E-state index is 5.79. The van der Waals surface area contributed by atoms with Crippen LogP contribution in [0.15, 0.2) is 40.9 Å². The van der Waals surface area contributed by atoms with E-state index in [9.17, 15) is 0 Å². The number of aryl methyl sites for hydroxylation is 1. The summed E-state index contributed by atoms with van der Waals surface area (Å²) >= 11 is 11.3. The van der Waals surface area contributed by atoms with Crippen LogP contribution in [-0.2, 0) is 6.42 Å². The van der Waals surface area contributed by atoms with Gasteiger partial charge in [-0.25, -0.2) is 0 Å². The number of benzene rings is 1. The van der Waals surface area contributed by atoms with Gasteiger partial charge in [-0.2, -0.15) is 0 Å². The maximum Gasteiger partial charge on any atom is 0.0431 e. The first-order chi connectivity index (χ1) is 7.72. The minimum atomic E-state index is 0.436. The SMILES string of the molecule is CC(CCc1ccccc1)NCC(Cl)=CCl. The van der Waals surface area contributed by atoms with Crippen LogP contribution in [0.1, 0.15) is 18.9 Å². The van der Waals surface area contributed by atoms with Crippen molar-refractivity contribution in [1.82, 2.24) is 5.32 Å². The summed E-state index contributed by atoms with van der Waals surface area (Å²) in [6.07, 6.45) is 2.17. The molecule has 88 valence electrons. The van der Waals surface area contributed by atoms with Crippen molar-refractivity contribution >= 4 is 23.2 Å². The highest BCUT2D eigenvalue weighted by Gasteiger charge is 2.02. The van der Waals surface area contributed by atoms with Crippen LogP contribution >= 0.6 is 23.2 Å². The average Bonchev–Trinajstić information content (AvgIpc) is 2.34. The number of hydrogen-bond donors (Lipinski definition) is 1. The molecular weight excluding hydrogens is 241 g/mol. The quantitative estimate of drug-likeness (QED) is 0.815. The van der Waals surface area contributed by atoms with E-state index in [4.69, 9.17) is 23.2 Å². The second kappa shape index (κ2) is 7.72. The summed E-state index contributed by atoms with van der Waals surface area (Å²) in [7, 11) is 0. The second-order valence-electron chi connectivity index (χ2n) is 3.86. The van der Waals surface area contributed by atoms with Gasteiger partial charge in [0.05, 0.1) is 0 Å². The third kappa shape index (κ3) is 5.55. The first-order valence-corrected chi connectivity index (χ1v) is 6.26. The van der Waals surface area contributed by atoms with Crippen molar-refractivity contribution in [3.8, 4) is 0 Å². The van der Waals surface area contributed by atoms with Gasteiger partial charge in [0.25, 0.3) is 0 Å². The average molecular weight is 258 g/mol. The van der Waals surface area contributed by atoms with Gasteiger partial charge in [0.2, 0.25) is 0 Å². The van der Waals surface area contributed by atoms with Crippen LogP contribution in [-0.4, -0.2) is 12.6 Å². The molecule has 0 amide bonds. The van der Waals surface area contributed by atoms with Crippen molar-refractivity contribution in [3.05, 3.63) is 46.5 Å². The predicted octanol–water partition coefficient (Wildman–Crippen LogP) is 3.92. The van der Waals surface area contributed by atoms with E-state index < -0.39 is 0 Å². The van der Waals surface area contributed by atoms with Gasteiger partial charge in [-0.3, -0.25) is 0 Å². The first kappa shape index (κ1) is 13.6. The van der Waals surface area contributed by atoms with E-state index in [1.165, 1.54) is 11.1 Å². The van der Waals surface area contributed by atoms with E-state index in [2.05, 4.69) is 36.5 Å². The van der Waals surface area contributed by atoms with Gasteiger partial charge < -0.3 is 5.32 Å². The molecule has 0 aromatic heterocycles. The minimum Gasteiger partial charge on any atom is -0.309 e. The van der Waals surface area contributed by atoms with E-state index in [-0.39, 0.29) is 0 Å². The molecule has 1 N–H and O–H groups in total. The molecule has 1 atom stereocenters. The van der Waals surface area contributed by atoms with Gasteiger partial charge in [0.15, 0.2) is 0 Å². The molecule has 0 bridgehead atoms. The van der Waals surface area contributed by atoms with Crippen LogP contribution in [0.3, 0.4) is 0 Å². The third-order valence-corrected chi connectivity index (χ3v) is 3.06. The Morgan fingerprint density at radius 1 is 1.38 bits per heavy atom. The molecule has 0 aliphatic rings. The minimum absolute atomic E-state index is 0.436. The standard InChI is InChI=1S/C13H17Cl2N/c1-11(16-10-13(15)9-14)7-8-12-5-3-2-4-6-12/h2-6,9,11,16H,7-8,10H2,1H3. The smallest absolute Gasteiger partial charge is 0.0431 e. The van der Waals surface area contributed by atoms with Crippen LogP contribution in [0.25, 0.3) is 0 Å². The molecule has 0 spiro atoms. The van der Waals surface area contributed by atoms with E-state index >= 15 is 0 Å². The van der Waals surface area contributed by atoms with E-state index in [0.29, 0.717) is 17.6 Å². The number of nitrogens with one attached hydrogen (secondary N) is 1. The topological polar surface area (TPSA) is 12.0 Å². The molecule has 3 heteroatoms.